The Labute approximate surface area is 146 Å². The molecule has 24 heavy (non-hydrogen) atoms. The fourth-order valence-electron chi connectivity index (χ4n) is 2.98. The highest BCUT2D eigenvalue weighted by Gasteiger charge is 2.18. The average molecular weight is 345 g/mol. The SMILES string of the molecule is NC=C(C=NCC1CCC(O)CC1)c1cnc2ccc(Cl)nc2c1. The van der Waals surface area contributed by atoms with E-state index in [4.69, 9.17) is 17.3 Å². The third kappa shape index (κ3) is 4.10. The summed E-state index contributed by atoms with van der Waals surface area (Å²) in [6, 6.07) is 5.47. The summed E-state index contributed by atoms with van der Waals surface area (Å²) in [6.45, 7) is 0.759. The molecule has 0 saturated heterocycles. The van der Waals surface area contributed by atoms with E-state index in [2.05, 4.69) is 15.0 Å². The number of rotatable bonds is 4. The van der Waals surface area contributed by atoms with Crippen LogP contribution in [0.4, 0.5) is 0 Å². The van der Waals surface area contributed by atoms with Crippen molar-refractivity contribution in [1.82, 2.24) is 9.97 Å². The number of aliphatic imine (C=N–C) groups is 1. The van der Waals surface area contributed by atoms with Gasteiger partial charge in [-0.05, 0) is 49.8 Å². The van der Waals surface area contributed by atoms with E-state index in [1.54, 1.807) is 18.5 Å². The van der Waals surface area contributed by atoms with E-state index in [9.17, 15) is 5.11 Å². The van der Waals surface area contributed by atoms with E-state index in [0.717, 1.165) is 54.4 Å². The Hall–Kier alpha value is -1.98. The minimum absolute atomic E-state index is 0.132. The van der Waals surface area contributed by atoms with Crippen LogP contribution in [-0.2, 0) is 0 Å². The van der Waals surface area contributed by atoms with Crippen LogP contribution < -0.4 is 5.73 Å². The van der Waals surface area contributed by atoms with Gasteiger partial charge in [0.15, 0.2) is 0 Å². The number of pyridine rings is 2. The van der Waals surface area contributed by atoms with Crippen LogP contribution in [0.1, 0.15) is 31.2 Å². The van der Waals surface area contributed by atoms with E-state index >= 15 is 0 Å². The molecule has 0 radical (unpaired) electrons. The minimum atomic E-state index is -0.132. The first kappa shape index (κ1) is 16.9. The molecule has 0 aromatic carbocycles. The fourth-order valence-corrected chi connectivity index (χ4v) is 3.13. The van der Waals surface area contributed by atoms with E-state index in [-0.39, 0.29) is 6.10 Å². The Morgan fingerprint density at radius 1 is 1.29 bits per heavy atom. The van der Waals surface area contributed by atoms with Gasteiger partial charge in [0, 0.05) is 36.3 Å². The van der Waals surface area contributed by atoms with Crippen molar-refractivity contribution in [2.75, 3.05) is 6.54 Å². The highest BCUT2D eigenvalue weighted by atomic mass is 35.5. The Balaban J connectivity index is 1.71. The van der Waals surface area contributed by atoms with Crippen molar-refractivity contribution in [3.8, 4) is 0 Å². The molecule has 2 aromatic rings. The number of aliphatic hydroxyl groups excluding tert-OH is 1. The van der Waals surface area contributed by atoms with E-state index in [1.807, 2.05) is 12.1 Å². The topological polar surface area (TPSA) is 84.4 Å². The normalized spacial score (nSPS) is 22.3. The maximum absolute atomic E-state index is 9.55. The van der Waals surface area contributed by atoms with Crippen LogP contribution in [0.15, 0.2) is 35.6 Å². The summed E-state index contributed by atoms with van der Waals surface area (Å²) >= 11 is 5.94. The van der Waals surface area contributed by atoms with Gasteiger partial charge in [0.05, 0.1) is 17.1 Å². The van der Waals surface area contributed by atoms with Gasteiger partial charge >= 0.3 is 0 Å². The first-order chi connectivity index (χ1) is 11.7. The molecule has 1 aliphatic carbocycles. The van der Waals surface area contributed by atoms with E-state index in [0.29, 0.717) is 11.1 Å². The van der Waals surface area contributed by atoms with Crippen LogP contribution in [0.3, 0.4) is 0 Å². The summed E-state index contributed by atoms with van der Waals surface area (Å²) < 4.78 is 0. The lowest BCUT2D eigenvalue weighted by molar-refractivity contribution is 0.110. The van der Waals surface area contributed by atoms with Gasteiger partial charge in [-0.15, -0.1) is 0 Å². The van der Waals surface area contributed by atoms with Gasteiger partial charge in [-0.1, -0.05) is 11.6 Å². The van der Waals surface area contributed by atoms with Crippen molar-refractivity contribution >= 4 is 34.4 Å². The third-order valence-electron chi connectivity index (χ3n) is 4.43. The number of nitrogens with two attached hydrogens (primary N) is 1. The zero-order valence-corrected chi connectivity index (χ0v) is 14.2. The minimum Gasteiger partial charge on any atom is -0.404 e. The molecule has 0 atom stereocenters. The number of nitrogens with zero attached hydrogens (tertiary/aromatic N) is 3. The molecular formula is C18H21ClN4O. The van der Waals surface area contributed by atoms with Gasteiger partial charge in [-0.2, -0.15) is 0 Å². The van der Waals surface area contributed by atoms with Crippen molar-refractivity contribution in [1.29, 1.82) is 0 Å². The maximum atomic E-state index is 9.55. The number of aromatic nitrogens is 2. The van der Waals surface area contributed by atoms with Crippen molar-refractivity contribution in [2.24, 2.45) is 16.6 Å². The molecule has 126 valence electrons. The summed E-state index contributed by atoms with van der Waals surface area (Å²) in [5.41, 5.74) is 8.95. The molecule has 1 saturated carbocycles. The fraction of sp³-hybridized carbons (Fsp3) is 0.389. The molecule has 2 heterocycles. The number of hydrogen-bond acceptors (Lipinski definition) is 5. The lowest BCUT2D eigenvalue weighted by atomic mass is 9.87. The van der Waals surface area contributed by atoms with Gasteiger partial charge < -0.3 is 10.8 Å². The summed E-state index contributed by atoms with van der Waals surface area (Å²) in [6.07, 6.45) is 8.76. The highest BCUT2D eigenvalue weighted by Crippen LogP contribution is 2.24. The Bertz CT molecular complexity index is 767. The van der Waals surface area contributed by atoms with Gasteiger partial charge in [-0.3, -0.25) is 9.98 Å². The standard InChI is InChI=1S/C18H21ClN4O/c19-18-6-5-16-17(23-18)7-13(11-22-16)14(8-20)10-21-9-12-1-3-15(24)4-2-12/h5-8,10-12,15,24H,1-4,9,20H2. The first-order valence-corrected chi connectivity index (χ1v) is 8.56. The highest BCUT2D eigenvalue weighted by molar-refractivity contribution is 6.29. The molecule has 0 spiro atoms. The maximum Gasteiger partial charge on any atom is 0.129 e. The van der Waals surface area contributed by atoms with Crippen LogP contribution in [0.5, 0.6) is 0 Å². The summed E-state index contributed by atoms with van der Waals surface area (Å²) in [4.78, 5) is 13.2. The average Bonchev–Trinajstić information content (AvgIpc) is 2.59. The van der Waals surface area contributed by atoms with Crippen molar-refractivity contribution in [2.45, 2.75) is 31.8 Å². The molecule has 2 aromatic heterocycles. The van der Waals surface area contributed by atoms with E-state index < -0.39 is 0 Å². The smallest absolute Gasteiger partial charge is 0.129 e. The van der Waals surface area contributed by atoms with E-state index in [1.165, 1.54) is 6.20 Å². The third-order valence-corrected chi connectivity index (χ3v) is 4.64. The summed E-state index contributed by atoms with van der Waals surface area (Å²) in [5, 5.41) is 9.98. The Morgan fingerprint density at radius 2 is 2.08 bits per heavy atom. The molecule has 3 rings (SSSR count). The molecular weight excluding hydrogens is 324 g/mol. The number of halogens is 1. The van der Waals surface area contributed by atoms with Gasteiger partial charge in [0.1, 0.15) is 5.15 Å². The molecule has 0 unspecified atom stereocenters. The Morgan fingerprint density at radius 3 is 2.83 bits per heavy atom. The molecule has 5 nitrogen and oxygen atoms in total. The van der Waals surface area contributed by atoms with Gasteiger partial charge in [0.2, 0.25) is 0 Å². The number of aliphatic hydroxyl groups is 1. The number of fused-ring (bicyclic) bond motifs is 1. The lowest BCUT2D eigenvalue weighted by Gasteiger charge is -2.23. The quantitative estimate of drug-likeness (QED) is 0.659. The zero-order chi connectivity index (χ0) is 16.9. The molecule has 3 N–H and O–H groups in total. The van der Waals surface area contributed by atoms with Crippen LogP contribution in [-0.4, -0.2) is 33.9 Å². The molecule has 0 aliphatic heterocycles. The molecule has 1 fully saturated rings. The van der Waals surface area contributed by atoms with Crippen LogP contribution in [0, 0.1) is 5.92 Å². The predicted octanol–water partition coefficient (Wildman–Crippen LogP) is 3.20. The van der Waals surface area contributed by atoms with Gasteiger partial charge in [-0.25, -0.2) is 4.98 Å². The molecule has 0 bridgehead atoms. The van der Waals surface area contributed by atoms with Crippen LogP contribution in [0.25, 0.3) is 16.6 Å². The summed E-state index contributed by atoms with van der Waals surface area (Å²) in [7, 11) is 0. The van der Waals surface area contributed by atoms with Crippen LogP contribution in [0.2, 0.25) is 5.15 Å². The molecule has 0 amide bonds. The largest absolute Gasteiger partial charge is 0.404 e. The van der Waals surface area contributed by atoms with Crippen molar-refractivity contribution in [3.05, 3.63) is 41.3 Å². The molecule has 1 aliphatic rings. The van der Waals surface area contributed by atoms with Crippen LogP contribution >= 0.6 is 11.6 Å². The summed E-state index contributed by atoms with van der Waals surface area (Å²) in [5.74, 6) is 0.541. The second kappa shape index (κ2) is 7.73. The predicted molar refractivity (Wildman–Crippen MR) is 98.0 cm³/mol. The van der Waals surface area contributed by atoms with Gasteiger partial charge in [0.25, 0.3) is 0 Å². The first-order valence-electron chi connectivity index (χ1n) is 8.18. The molecule has 6 heteroatoms. The zero-order valence-electron chi connectivity index (χ0n) is 13.4. The second-order valence-corrected chi connectivity index (χ2v) is 6.57. The number of allylic oxidation sites excluding steroid dienone is 1. The number of hydrogen-bond donors (Lipinski definition) is 2. The Kier molecular flexibility index (Phi) is 5.43. The second-order valence-electron chi connectivity index (χ2n) is 6.19. The van der Waals surface area contributed by atoms with Crippen molar-refractivity contribution < 1.29 is 5.11 Å². The monoisotopic (exact) mass is 344 g/mol. The lowest BCUT2D eigenvalue weighted by Crippen LogP contribution is -2.19. The van der Waals surface area contributed by atoms with Crippen molar-refractivity contribution in [3.63, 3.8) is 0 Å².